The summed E-state index contributed by atoms with van der Waals surface area (Å²) in [6, 6.07) is 6.18. The van der Waals surface area contributed by atoms with Gasteiger partial charge in [0.25, 0.3) is 0 Å². The molecule has 2 nitrogen and oxygen atoms in total. The molecule has 72 valence electrons. The molecule has 0 unspecified atom stereocenters. The SMILES string of the molecule is Fc1ccc(-c2csc(NCl)n2)cc1. The first-order valence-corrected chi connectivity index (χ1v) is 5.13. The molecule has 1 heterocycles. The molecule has 0 atom stereocenters. The van der Waals surface area contributed by atoms with Crippen molar-refractivity contribution in [2.45, 2.75) is 0 Å². The topological polar surface area (TPSA) is 24.9 Å². The second-order valence-electron chi connectivity index (χ2n) is 2.64. The summed E-state index contributed by atoms with van der Waals surface area (Å²) in [6.45, 7) is 0. The Hall–Kier alpha value is -1.13. The van der Waals surface area contributed by atoms with Crippen LogP contribution in [0.5, 0.6) is 0 Å². The van der Waals surface area contributed by atoms with E-state index in [1.807, 2.05) is 5.38 Å². The van der Waals surface area contributed by atoms with Gasteiger partial charge in [-0.15, -0.1) is 11.3 Å². The van der Waals surface area contributed by atoms with Gasteiger partial charge in [-0.05, 0) is 24.3 Å². The summed E-state index contributed by atoms with van der Waals surface area (Å²) in [4.78, 5) is 6.62. The first-order chi connectivity index (χ1) is 6.79. The molecule has 0 spiro atoms. The Morgan fingerprint density at radius 3 is 2.57 bits per heavy atom. The molecule has 0 fully saturated rings. The minimum Gasteiger partial charge on any atom is -0.274 e. The molecule has 0 aliphatic rings. The highest BCUT2D eigenvalue weighted by molar-refractivity contribution is 7.14. The molecule has 0 aliphatic heterocycles. The van der Waals surface area contributed by atoms with Crippen LogP contribution in [-0.2, 0) is 0 Å². The standard InChI is InChI=1S/C9H6ClFN2S/c10-13-9-12-8(5-14-9)6-1-3-7(11)4-2-6/h1-5H,(H,12,13). The summed E-state index contributed by atoms with van der Waals surface area (Å²) in [6.07, 6.45) is 0. The van der Waals surface area contributed by atoms with E-state index >= 15 is 0 Å². The molecule has 1 N–H and O–H groups in total. The van der Waals surface area contributed by atoms with Crippen LogP contribution in [0.15, 0.2) is 29.6 Å². The van der Waals surface area contributed by atoms with Gasteiger partial charge in [-0.25, -0.2) is 9.37 Å². The van der Waals surface area contributed by atoms with E-state index in [0.29, 0.717) is 5.13 Å². The van der Waals surface area contributed by atoms with E-state index in [-0.39, 0.29) is 5.82 Å². The highest BCUT2D eigenvalue weighted by Crippen LogP contribution is 2.25. The van der Waals surface area contributed by atoms with Crippen LogP contribution >= 0.6 is 23.1 Å². The maximum absolute atomic E-state index is 12.6. The molecule has 1 aromatic carbocycles. The van der Waals surface area contributed by atoms with E-state index in [4.69, 9.17) is 11.8 Å². The number of benzene rings is 1. The van der Waals surface area contributed by atoms with Crippen molar-refractivity contribution >= 4 is 28.2 Å². The summed E-state index contributed by atoms with van der Waals surface area (Å²) in [5, 5.41) is 2.49. The average molecular weight is 229 g/mol. The zero-order valence-electron chi connectivity index (χ0n) is 7.00. The number of aromatic nitrogens is 1. The van der Waals surface area contributed by atoms with Crippen molar-refractivity contribution in [1.29, 1.82) is 0 Å². The van der Waals surface area contributed by atoms with Gasteiger partial charge < -0.3 is 0 Å². The van der Waals surface area contributed by atoms with Crippen LogP contribution in [0.1, 0.15) is 0 Å². The number of anilines is 1. The fourth-order valence-electron chi connectivity index (χ4n) is 1.07. The molecule has 0 saturated carbocycles. The second-order valence-corrected chi connectivity index (χ2v) is 3.69. The fourth-order valence-corrected chi connectivity index (χ4v) is 1.85. The Bertz CT molecular complexity index is 427. The lowest BCUT2D eigenvalue weighted by Crippen LogP contribution is -1.80. The molecule has 0 bridgehead atoms. The quantitative estimate of drug-likeness (QED) is 0.796. The van der Waals surface area contributed by atoms with Crippen molar-refractivity contribution in [2.24, 2.45) is 0 Å². The van der Waals surface area contributed by atoms with Gasteiger partial charge >= 0.3 is 0 Å². The van der Waals surface area contributed by atoms with E-state index in [0.717, 1.165) is 11.3 Å². The summed E-state index contributed by atoms with van der Waals surface area (Å²) < 4.78 is 12.6. The van der Waals surface area contributed by atoms with Gasteiger partial charge in [-0.2, -0.15) is 0 Å². The van der Waals surface area contributed by atoms with E-state index < -0.39 is 0 Å². The third kappa shape index (κ3) is 1.86. The number of hydrogen-bond donors (Lipinski definition) is 1. The van der Waals surface area contributed by atoms with Crippen molar-refractivity contribution in [3.8, 4) is 11.3 Å². The van der Waals surface area contributed by atoms with Crippen LogP contribution in [0.25, 0.3) is 11.3 Å². The summed E-state index contributed by atoms with van der Waals surface area (Å²) >= 11 is 6.79. The fraction of sp³-hybridized carbons (Fsp3) is 0. The minimum absolute atomic E-state index is 0.250. The zero-order valence-corrected chi connectivity index (χ0v) is 8.57. The maximum atomic E-state index is 12.6. The van der Waals surface area contributed by atoms with Crippen LogP contribution < -0.4 is 4.84 Å². The third-order valence-corrected chi connectivity index (χ3v) is 2.77. The predicted octanol–water partition coefficient (Wildman–Crippen LogP) is 3.51. The molecule has 0 aliphatic carbocycles. The lowest BCUT2D eigenvalue weighted by atomic mass is 10.2. The number of nitrogens with one attached hydrogen (secondary N) is 1. The Morgan fingerprint density at radius 2 is 2.00 bits per heavy atom. The zero-order chi connectivity index (χ0) is 9.97. The van der Waals surface area contributed by atoms with Crippen molar-refractivity contribution in [3.63, 3.8) is 0 Å². The molecule has 0 saturated heterocycles. The van der Waals surface area contributed by atoms with Crippen LogP contribution in [0, 0.1) is 5.82 Å². The summed E-state index contributed by atoms with van der Waals surface area (Å²) in [7, 11) is 0. The van der Waals surface area contributed by atoms with E-state index in [1.165, 1.54) is 23.5 Å². The first kappa shape index (κ1) is 9.43. The smallest absolute Gasteiger partial charge is 0.197 e. The van der Waals surface area contributed by atoms with E-state index in [2.05, 4.69) is 9.82 Å². The third-order valence-electron chi connectivity index (χ3n) is 1.73. The normalized spacial score (nSPS) is 10.1. The molecule has 14 heavy (non-hydrogen) atoms. The number of hydrogen-bond acceptors (Lipinski definition) is 3. The molecule has 1 aromatic heterocycles. The van der Waals surface area contributed by atoms with Crippen molar-refractivity contribution < 1.29 is 4.39 Å². The van der Waals surface area contributed by atoms with Crippen molar-refractivity contribution in [1.82, 2.24) is 4.98 Å². The summed E-state index contributed by atoms with van der Waals surface area (Å²) in [5.74, 6) is -0.250. The Kier molecular flexibility index (Phi) is 2.65. The number of nitrogens with zero attached hydrogens (tertiary/aromatic N) is 1. The second kappa shape index (κ2) is 3.94. The van der Waals surface area contributed by atoms with Crippen molar-refractivity contribution in [2.75, 3.05) is 4.84 Å². The molecule has 5 heteroatoms. The molecular formula is C9H6ClFN2S. The highest BCUT2D eigenvalue weighted by atomic mass is 35.5. The van der Waals surface area contributed by atoms with Gasteiger partial charge in [-0.1, -0.05) is 0 Å². The average Bonchev–Trinajstić information content (AvgIpc) is 2.67. The van der Waals surface area contributed by atoms with E-state index in [1.54, 1.807) is 12.1 Å². The predicted molar refractivity (Wildman–Crippen MR) is 57.0 cm³/mol. The number of halogens is 2. The van der Waals surface area contributed by atoms with Crippen LogP contribution in [0.2, 0.25) is 0 Å². The van der Waals surface area contributed by atoms with Crippen molar-refractivity contribution in [3.05, 3.63) is 35.5 Å². The molecular weight excluding hydrogens is 223 g/mol. The first-order valence-electron chi connectivity index (χ1n) is 3.88. The minimum atomic E-state index is -0.250. The van der Waals surface area contributed by atoms with Crippen LogP contribution in [0.3, 0.4) is 0 Å². The molecule has 2 rings (SSSR count). The Morgan fingerprint density at radius 1 is 1.29 bits per heavy atom. The van der Waals surface area contributed by atoms with Gasteiger partial charge in [0.15, 0.2) is 5.13 Å². The van der Waals surface area contributed by atoms with Gasteiger partial charge in [0.1, 0.15) is 5.82 Å². The molecule has 0 amide bonds. The Labute approximate surface area is 89.5 Å². The number of rotatable bonds is 2. The largest absolute Gasteiger partial charge is 0.274 e. The molecule has 0 radical (unpaired) electrons. The maximum Gasteiger partial charge on any atom is 0.197 e. The lowest BCUT2D eigenvalue weighted by Gasteiger charge is -1.94. The van der Waals surface area contributed by atoms with Gasteiger partial charge in [0, 0.05) is 22.7 Å². The van der Waals surface area contributed by atoms with Crippen LogP contribution in [0.4, 0.5) is 9.52 Å². The monoisotopic (exact) mass is 228 g/mol. The molecule has 2 aromatic rings. The van der Waals surface area contributed by atoms with Gasteiger partial charge in [-0.3, -0.25) is 4.84 Å². The lowest BCUT2D eigenvalue weighted by molar-refractivity contribution is 0.628. The van der Waals surface area contributed by atoms with Gasteiger partial charge in [0.2, 0.25) is 0 Å². The Balaban J connectivity index is 2.34. The highest BCUT2D eigenvalue weighted by Gasteiger charge is 2.03. The number of thiazole rings is 1. The van der Waals surface area contributed by atoms with Crippen LogP contribution in [-0.4, -0.2) is 4.98 Å². The van der Waals surface area contributed by atoms with E-state index in [9.17, 15) is 4.39 Å². The van der Waals surface area contributed by atoms with Gasteiger partial charge in [0.05, 0.1) is 5.69 Å². The summed E-state index contributed by atoms with van der Waals surface area (Å²) in [5.41, 5.74) is 1.67.